The lowest BCUT2D eigenvalue weighted by Gasteiger charge is -2.26. The molecule has 1 aliphatic rings. The zero-order valence-electron chi connectivity index (χ0n) is 16.6. The summed E-state index contributed by atoms with van der Waals surface area (Å²) >= 11 is 0. The van der Waals surface area contributed by atoms with Crippen molar-refractivity contribution in [1.29, 1.82) is 5.26 Å². The number of aromatic amines is 1. The van der Waals surface area contributed by atoms with Gasteiger partial charge in [-0.25, -0.2) is 9.97 Å². The molecule has 0 bridgehead atoms. The molecule has 1 aliphatic heterocycles. The van der Waals surface area contributed by atoms with E-state index in [4.69, 9.17) is 9.47 Å². The molecule has 0 saturated carbocycles. The number of fused-ring (bicyclic) bond motifs is 1. The smallest absolute Gasteiger partial charge is 0.419 e. The molecule has 31 heavy (non-hydrogen) atoms. The highest BCUT2D eigenvalue weighted by molar-refractivity contribution is 5.83. The van der Waals surface area contributed by atoms with Crippen molar-refractivity contribution >= 4 is 11.0 Å². The minimum Gasteiger partial charge on any atom is -0.493 e. The highest BCUT2D eigenvalue weighted by Crippen LogP contribution is 2.39. The first-order valence-corrected chi connectivity index (χ1v) is 9.84. The van der Waals surface area contributed by atoms with Crippen LogP contribution in [0.1, 0.15) is 17.7 Å². The van der Waals surface area contributed by atoms with Crippen LogP contribution in [0.2, 0.25) is 0 Å². The van der Waals surface area contributed by atoms with E-state index in [1.165, 1.54) is 18.5 Å². The van der Waals surface area contributed by atoms with Gasteiger partial charge in [-0.05, 0) is 30.7 Å². The molecule has 162 valence electrons. The average Bonchev–Trinajstić information content (AvgIpc) is 3.25. The van der Waals surface area contributed by atoms with E-state index in [0.29, 0.717) is 30.7 Å². The Labute approximate surface area is 176 Å². The quantitative estimate of drug-likeness (QED) is 0.600. The third-order valence-corrected chi connectivity index (χ3v) is 5.07. The van der Waals surface area contributed by atoms with Crippen molar-refractivity contribution in [2.45, 2.75) is 12.6 Å². The summed E-state index contributed by atoms with van der Waals surface area (Å²) < 4.78 is 51.9. The van der Waals surface area contributed by atoms with Crippen molar-refractivity contribution in [3.05, 3.63) is 41.9 Å². The average molecular weight is 431 g/mol. The summed E-state index contributed by atoms with van der Waals surface area (Å²) in [5.74, 6) is -0.221. The molecule has 2 aromatic heterocycles. The van der Waals surface area contributed by atoms with E-state index < -0.39 is 11.7 Å². The topological polar surface area (TPSA) is 87.1 Å². The predicted molar refractivity (Wildman–Crippen MR) is 106 cm³/mol. The van der Waals surface area contributed by atoms with Gasteiger partial charge in [-0.3, -0.25) is 4.90 Å². The van der Waals surface area contributed by atoms with E-state index in [2.05, 4.69) is 19.9 Å². The van der Waals surface area contributed by atoms with Crippen molar-refractivity contribution < 1.29 is 22.6 Å². The van der Waals surface area contributed by atoms with Crippen LogP contribution in [0, 0.1) is 11.3 Å². The normalized spacial score (nSPS) is 15.2. The first-order valence-electron chi connectivity index (χ1n) is 9.84. The van der Waals surface area contributed by atoms with Crippen LogP contribution in [-0.2, 0) is 10.9 Å². The number of nitrogens with one attached hydrogen (secondary N) is 1. The van der Waals surface area contributed by atoms with Gasteiger partial charge in [-0.2, -0.15) is 18.4 Å². The third-order valence-electron chi connectivity index (χ3n) is 5.07. The molecule has 0 radical (unpaired) electrons. The first kappa shape index (κ1) is 21.1. The molecule has 0 amide bonds. The van der Waals surface area contributed by atoms with Gasteiger partial charge in [0.25, 0.3) is 0 Å². The summed E-state index contributed by atoms with van der Waals surface area (Å²) in [6.07, 6.45) is -2.57. The summed E-state index contributed by atoms with van der Waals surface area (Å²) in [6.45, 7) is 3.91. The van der Waals surface area contributed by atoms with E-state index in [9.17, 15) is 18.4 Å². The third kappa shape index (κ3) is 4.78. The van der Waals surface area contributed by atoms with Crippen LogP contribution < -0.4 is 4.74 Å². The summed E-state index contributed by atoms with van der Waals surface area (Å²) in [5, 5.41) is 9.29. The lowest BCUT2D eigenvalue weighted by molar-refractivity contribution is -0.138. The molecular weight excluding hydrogens is 411 g/mol. The van der Waals surface area contributed by atoms with Crippen LogP contribution in [0.4, 0.5) is 13.2 Å². The highest BCUT2D eigenvalue weighted by atomic mass is 19.4. The van der Waals surface area contributed by atoms with Crippen LogP contribution in [0.15, 0.2) is 30.6 Å². The predicted octanol–water partition coefficient (Wildman–Crippen LogP) is 3.62. The molecule has 7 nitrogen and oxygen atoms in total. The fraction of sp³-hybridized carbons (Fsp3) is 0.381. The molecule has 0 aliphatic carbocycles. The van der Waals surface area contributed by atoms with Gasteiger partial charge in [0.2, 0.25) is 0 Å². The number of halogens is 3. The first-order chi connectivity index (χ1) is 15.0. The molecule has 0 atom stereocenters. The Hall–Kier alpha value is -3.16. The zero-order chi connectivity index (χ0) is 21.8. The molecule has 4 rings (SSSR count). The second-order valence-corrected chi connectivity index (χ2v) is 7.13. The molecule has 3 aromatic rings. The van der Waals surface area contributed by atoms with Gasteiger partial charge in [-0.15, -0.1) is 0 Å². The molecule has 3 heterocycles. The number of pyridine rings is 1. The monoisotopic (exact) mass is 431 g/mol. The number of hydrogen-bond acceptors (Lipinski definition) is 6. The fourth-order valence-electron chi connectivity index (χ4n) is 3.50. The molecule has 1 N–H and O–H groups in total. The van der Waals surface area contributed by atoms with Crippen LogP contribution in [0.3, 0.4) is 0 Å². The van der Waals surface area contributed by atoms with Gasteiger partial charge in [0, 0.05) is 25.2 Å². The fourth-order valence-corrected chi connectivity index (χ4v) is 3.50. The van der Waals surface area contributed by atoms with E-state index in [-0.39, 0.29) is 29.3 Å². The second kappa shape index (κ2) is 8.91. The minimum absolute atomic E-state index is 0.0470. The van der Waals surface area contributed by atoms with Crippen LogP contribution in [0.5, 0.6) is 5.75 Å². The molecule has 1 fully saturated rings. The van der Waals surface area contributed by atoms with E-state index >= 15 is 0 Å². The standard InChI is InChI=1S/C21H20F3N5O2/c22-21(23,24)15-10-14(16-11-17-20(27-13-26-17)18(12-25)28-16)2-3-19(15)31-7-1-4-29-5-8-30-9-6-29/h2-3,10-11,13H,1,4-9H2,(H,26,27). The lowest BCUT2D eigenvalue weighted by atomic mass is 10.1. The number of alkyl halides is 3. The van der Waals surface area contributed by atoms with E-state index in [1.807, 2.05) is 6.07 Å². The van der Waals surface area contributed by atoms with Crippen molar-refractivity contribution in [3.63, 3.8) is 0 Å². The van der Waals surface area contributed by atoms with Crippen LogP contribution >= 0.6 is 0 Å². The number of H-pyrrole nitrogens is 1. The lowest BCUT2D eigenvalue weighted by Crippen LogP contribution is -2.37. The SMILES string of the molecule is N#Cc1nc(-c2ccc(OCCCN3CCOCC3)c(C(F)(F)F)c2)cc2[nH]cnc12. The van der Waals surface area contributed by atoms with Gasteiger partial charge in [0.1, 0.15) is 17.3 Å². The maximum Gasteiger partial charge on any atom is 0.419 e. The molecule has 1 saturated heterocycles. The Morgan fingerprint density at radius 3 is 2.77 bits per heavy atom. The molecule has 1 aromatic carbocycles. The number of ether oxygens (including phenoxy) is 2. The number of nitriles is 1. The van der Waals surface area contributed by atoms with E-state index in [0.717, 1.165) is 25.7 Å². The summed E-state index contributed by atoms with van der Waals surface area (Å²) in [5.41, 5.74) is 0.562. The second-order valence-electron chi connectivity index (χ2n) is 7.13. The summed E-state index contributed by atoms with van der Waals surface area (Å²) in [4.78, 5) is 13.3. The van der Waals surface area contributed by atoms with Crippen LogP contribution in [-0.4, -0.2) is 59.3 Å². The maximum atomic E-state index is 13.7. The molecule has 0 spiro atoms. The molecule has 10 heteroatoms. The Morgan fingerprint density at radius 1 is 1.23 bits per heavy atom. The number of benzene rings is 1. The maximum absolute atomic E-state index is 13.7. The summed E-state index contributed by atoms with van der Waals surface area (Å²) in [7, 11) is 0. The van der Waals surface area contributed by atoms with Crippen molar-refractivity contribution in [2.24, 2.45) is 0 Å². The Bertz CT molecular complexity index is 1100. The van der Waals surface area contributed by atoms with Gasteiger partial charge >= 0.3 is 6.18 Å². The van der Waals surface area contributed by atoms with Gasteiger partial charge in [0.05, 0.1) is 42.9 Å². The Balaban J connectivity index is 1.54. The Kier molecular flexibility index (Phi) is 6.06. The number of aromatic nitrogens is 3. The molecule has 0 unspecified atom stereocenters. The number of hydrogen-bond donors (Lipinski definition) is 1. The number of nitrogens with zero attached hydrogens (tertiary/aromatic N) is 4. The minimum atomic E-state index is -4.59. The van der Waals surface area contributed by atoms with E-state index in [1.54, 1.807) is 6.07 Å². The summed E-state index contributed by atoms with van der Waals surface area (Å²) in [6, 6.07) is 7.32. The number of rotatable bonds is 6. The number of imidazole rings is 1. The number of morpholine rings is 1. The van der Waals surface area contributed by atoms with Crippen molar-refractivity contribution in [3.8, 4) is 23.1 Å². The van der Waals surface area contributed by atoms with Crippen molar-refractivity contribution in [1.82, 2.24) is 19.9 Å². The van der Waals surface area contributed by atoms with Gasteiger partial charge < -0.3 is 14.5 Å². The highest BCUT2D eigenvalue weighted by Gasteiger charge is 2.35. The largest absolute Gasteiger partial charge is 0.493 e. The van der Waals surface area contributed by atoms with Gasteiger partial charge in [0.15, 0.2) is 5.69 Å². The Morgan fingerprint density at radius 2 is 2.03 bits per heavy atom. The van der Waals surface area contributed by atoms with Crippen LogP contribution in [0.25, 0.3) is 22.3 Å². The zero-order valence-corrected chi connectivity index (χ0v) is 16.6. The van der Waals surface area contributed by atoms with Crippen molar-refractivity contribution in [2.75, 3.05) is 39.5 Å². The molecular formula is C21H20F3N5O2. The van der Waals surface area contributed by atoms with Gasteiger partial charge in [-0.1, -0.05) is 0 Å².